The van der Waals surface area contributed by atoms with Crippen LogP contribution in [0.2, 0.25) is 0 Å². The van der Waals surface area contributed by atoms with Gasteiger partial charge in [0.15, 0.2) is 0 Å². The van der Waals surface area contributed by atoms with E-state index in [0.717, 1.165) is 25.7 Å². The quantitative estimate of drug-likeness (QED) is 0.172. The second-order valence-corrected chi connectivity index (χ2v) is 6.17. The fourth-order valence-corrected chi connectivity index (χ4v) is 2.34. The molecule has 0 saturated carbocycles. The van der Waals surface area contributed by atoms with E-state index in [9.17, 15) is 19.8 Å². The summed E-state index contributed by atoms with van der Waals surface area (Å²) in [6.45, 7) is 9.52. The van der Waals surface area contributed by atoms with E-state index < -0.39 is 12.2 Å². The Bertz CT molecular complexity index is 304. The third-order valence-corrected chi connectivity index (χ3v) is 4.16. The largest absolute Gasteiger partial charge is 4.00 e. The Morgan fingerprint density at radius 1 is 0.724 bits per heavy atom. The summed E-state index contributed by atoms with van der Waals surface area (Å²) in [4.78, 5) is 20.1. The van der Waals surface area contributed by atoms with Crippen molar-refractivity contribution in [3.05, 3.63) is 0 Å². The summed E-state index contributed by atoms with van der Waals surface area (Å²) in [7, 11) is 0. The van der Waals surface area contributed by atoms with Crippen LogP contribution in [0.5, 0.6) is 0 Å². The number of halogens is 2. The minimum absolute atomic E-state index is 0. The standard InChI is InChI=1S/2C9H19NO2.2ClH.2H3N.Pt/c2*1-3-5-6-8(4-2)7-10-9(11)12;;;;;/h2*8,10H,3-7H2,1-2H3,(H,11,12);2*1H;2*1H3;/q;;;;;;+4/p-4. The van der Waals surface area contributed by atoms with Gasteiger partial charge >= 0.3 is 21.1 Å². The van der Waals surface area contributed by atoms with Gasteiger partial charge in [-0.05, 0) is 24.7 Å². The first kappa shape index (κ1) is 46.8. The Morgan fingerprint density at radius 3 is 1.17 bits per heavy atom. The van der Waals surface area contributed by atoms with Crippen molar-refractivity contribution in [1.82, 2.24) is 22.9 Å². The number of carbonyl (C=O) groups is 2. The molecule has 0 rings (SSSR count). The smallest absolute Gasteiger partial charge is 1.00 e. The van der Waals surface area contributed by atoms with Crippen molar-refractivity contribution in [2.75, 3.05) is 13.1 Å². The molecule has 0 saturated heterocycles. The summed E-state index contributed by atoms with van der Waals surface area (Å²) in [5.74, 6) is 0.950. The number of nitrogens with one attached hydrogen (secondary N) is 2. The Balaban J connectivity index is -0.0000000569. The molecule has 2 unspecified atom stereocenters. The molecule has 29 heavy (non-hydrogen) atoms. The summed E-state index contributed by atoms with van der Waals surface area (Å²) in [5, 5.41) is 24.8. The summed E-state index contributed by atoms with van der Waals surface area (Å²) < 4.78 is 0. The van der Waals surface area contributed by atoms with Crippen LogP contribution >= 0.6 is 0 Å². The minimum atomic E-state index is -1.16. The second-order valence-electron chi connectivity index (χ2n) is 6.17. The van der Waals surface area contributed by atoms with Crippen molar-refractivity contribution >= 4 is 12.2 Å². The van der Waals surface area contributed by atoms with Gasteiger partial charge in [-0.15, -0.1) is 0 Å². The number of unbranched alkanes of at least 4 members (excludes halogenated alkanes) is 2. The topological polar surface area (TPSA) is 174 Å². The summed E-state index contributed by atoms with van der Waals surface area (Å²) >= 11 is 0. The van der Waals surface area contributed by atoms with Crippen LogP contribution < -0.4 is 58.0 Å². The Kier molecular flexibility index (Phi) is 56.8. The molecule has 0 spiro atoms. The molecule has 8 nitrogen and oxygen atoms in total. The van der Waals surface area contributed by atoms with Crippen molar-refractivity contribution in [3.63, 3.8) is 0 Å². The van der Waals surface area contributed by atoms with Crippen LogP contribution in [0.25, 0.3) is 0 Å². The Labute approximate surface area is 204 Å². The van der Waals surface area contributed by atoms with Crippen molar-refractivity contribution in [3.8, 4) is 0 Å². The van der Waals surface area contributed by atoms with Crippen LogP contribution in [-0.4, -0.2) is 25.3 Å². The number of hydrogen-bond donors (Lipinski definition) is 4. The van der Waals surface area contributed by atoms with E-state index in [-0.39, 0.29) is 58.2 Å². The minimum Gasteiger partial charge on any atom is -1.00 e. The Morgan fingerprint density at radius 2 is 1.00 bits per heavy atom. The molecule has 0 aromatic heterocycles. The Hall–Kier alpha value is -0.272. The van der Waals surface area contributed by atoms with Gasteiger partial charge in [0, 0.05) is 13.1 Å². The maximum atomic E-state index is 10.1. The van der Waals surface area contributed by atoms with Gasteiger partial charge in [0.25, 0.3) is 0 Å². The van der Waals surface area contributed by atoms with Gasteiger partial charge in [-0.25, -0.2) is 0 Å². The van der Waals surface area contributed by atoms with Gasteiger partial charge in [0.2, 0.25) is 0 Å². The molecule has 2 atom stereocenters. The molecule has 0 radical (unpaired) electrons. The first-order valence-electron chi connectivity index (χ1n) is 9.30. The van der Waals surface area contributed by atoms with Gasteiger partial charge in [-0.3, -0.25) is 0 Å². The number of carboxylic acid groups (broad SMARTS) is 2. The molecular formula is C18H42Cl2N4O4Pt. The molecule has 11 heteroatoms. The summed E-state index contributed by atoms with van der Waals surface area (Å²) in [5.41, 5.74) is 0. The van der Waals surface area contributed by atoms with E-state index in [1.165, 1.54) is 25.7 Å². The van der Waals surface area contributed by atoms with Crippen molar-refractivity contribution in [2.24, 2.45) is 11.8 Å². The van der Waals surface area contributed by atoms with Crippen LogP contribution in [0.4, 0.5) is 9.59 Å². The molecule has 182 valence electrons. The van der Waals surface area contributed by atoms with Crippen molar-refractivity contribution in [1.29, 1.82) is 0 Å². The first-order valence-corrected chi connectivity index (χ1v) is 9.30. The number of rotatable bonds is 12. The number of carbonyl (C=O) groups excluding carboxylic acids is 2. The van der Waals surface area contributed by atoms with Crippen LogP contribution in [0.15, 0.2) is 0 Å². The van der Waals surface area contributed by atoms with Crippen LogP contribution in [0.1, 0.15) is 79.1 Å². The molecule has 0 bridgehead atoms. The predicted molar refractivity (Wildman–Crippen MR) is 103 cm³/mol. The number of hydrogen-bond acceptors (Lipinski definition) is 6. The molecule has 0 aromatic carbocycles. The fourth-order valence-electron chi connectivity index (χ4n) is 2.34. The van der Waals surface area contributed by atoms with Crippen LogP contribution in [-0.2, 0) is 21.1 Å². The van der Waals surface area contributed by atoms with Crippen molar-refractivity contribution in [2.45, 2.75) is 79.1 Å². The van der Waals surface area contributed by atoms with E-state index in [1.54, 1.807) is 0 Å². The number of amides is 2. The van der Waals surface area contributed by atoms with E-state index in [4.69, 9.17) is 0 Å². The zero-order valence-electron chi connectivity index (χ0n) is 18.3. The van der Waals surface area contributed by atoms with E-state index >= 15 is 0 Å². The molecule has 2 amide bonds. The van der Waals surface area contributed by atoms with E-state index in [1.807, 2.05) is 0 Å². The molecule has 0 aliphatic heterocycles. The average molecular weight is 645 g/mol. The second kappa shape index (κ2) is 35.2. The molecule has 0 fully saturated rings. The molecule has 0 aliphatic carbocycles. The predicted octanol–water partition coefficient (Wildman–Crippen LogP) is -3.40. The third kappa shape index (κ3) is 38.9. The first-order chi connectivity index (χ1) is 11.4. The summed E-state index contributed by atoms with van der Waals surface area (Å²) in [6, 6.07) is 0. The van der Waals surface area contributed by atoms with Gasteiger partial charge in [0.1, 0.15) is 12.2 Å². The SMILES string of the molecule is CCCCC(CC)CNC(=O)[O-].CCCCC(CC)CNC(=O)[O-].N.N.[Cl-].[Cl-].[Pt+4]. The van der Waals surface area contributed by atoms with Crippen molar-refractivity contribution < 1.29 is 65.7 Å². The third-order valence-electron chi connectivity index (χ3n) is 4.16. The zero-order chi connectivity index (χ0) is 18.8. The van der Waals surface area contributed by atoms with Gasteiger partial charge in [0.05, 0.1) is 0 Å². The van der Waals surface area contributed by atoms with Crippen LogP contribution in [0.3, 0.4) is 0 Å². The monoisotopic (exact) mass is 643 g/mol. The maximum absolute atomic E-state index is 10.1. The molecule has 0 aliphatic rings. The van der Waals surface area contributed by atoms with E-state index in [0.29, 0.717) is 24.9 Å². The van der Waals surface area contributed by atoms with Crippen LogP contribution in [0, 0.1) is 11.8 Å². The molecule has 0 heterocycles. The van der Waals surface area contributed by atoms with Gasteiger partial charge in [-0.1, -0.05) is 66.2 Å². The van der Waals surface area contributed by atoms with Gasteiger partial charge in [-0.2, -0.15) is 0 Å². The van der Waals surface area contributed by atoms with E-state index in [2.05, 4.69) is 38.3 Å². The zero-order valence-corrected chi connectivity index (χ0v) is 22.1. The fraction of sp³-hybridized carbons (Fsp3) is 0.889. The van der Waals surface area contributed by atoms with Gasteiger partial charge < -0.3 is 67.6 Å². The maximum Gasteiger partial charge on any atom is 4.00 e. The average Bonchev–Trinajstić information content (AvgIpc) is 2.55. The normalized spacial score (nSPS) is 10.3. The molecule has 0 aromatic rings. The summed E-state index contributed by atoms with van der Waals surface area (Å²) in [6.07, 6.45) is 6.63. The molecular weight excluding hydrogens is 602 g/mol. The molecule has 8 N–H and O–H groups in total.